The van der Waals surface area contributed by atoms with Crippen molar-refractivity contribution in [2.75, 3.05) is 56.6 Å². The summed E-state index contributed by atoms with van der Waals surface area (Å²) < 4.78 is 107. The number of sulfonamides is 1. The molecule has 2 heterocycles. The molecule has 2 aliphatic rings. The summed E-state index contributed by atoms with van der Waals surface area (Å²) in [6.07, 6.45) is -1.37. The lowest BCUT2D eigenvalue weighted by Crippen LogP contribution is -2.43. The summed E-state index contributed by atoms with van der Waals surface area (Å²) in [5.74, 6) is -4.24. The molecule has 0 amide bonds. The fourth-order valence-electron chi connectivity index (χ4n) is 5.25. The monoisotopic (exact) mass is 859 g/mol. The topological polar surface area (TPSA) is 179 Å². The minimum Gasteiger partial charge on any atom is -0.619 e. The van der Waals surface area contributed by atoms with Gasteiger partial charge in [0.2, 0.25) is 10.0 Å². The maximum Gasteiger partial charge on any atom is 0.490 e. The Morgan fingerprint density at radius 2 is 1.70 bits per heavy atom. The normalized spacial score (nSPS) is 15.4. The van der Waals surface area contributed by atoms with Crippen LogP contribution in [0.15, 0.2) is 48.8 Å². The van der Waals surface area contributed by atoms with Gasteiger partial charge in [-0.25, -0.2) is 18.0 Å². The summed E-state index contributed by atoms with van der Waals surface area (Å²) >= 11 is 12.7. The summed E-state index contributed by atoms with van der Waals surface area (Å²) in [6, 6.07) is 7.84. The van der Waals surface area contributed by atoms with Crippen LogP contribution in [0.4, 0.5) is 27.6 Å². The molecule has 1 aromatic heterocycles. The molecule has 2 aromatic carbocycles. The molecule has 0 unspecified atom stereocenters. The van der Waals surface area contributed by atoms with Gasteiger partial charge >= 0.3 is 24.7 Å². The van der Waals surface area contributed by atoms with Crippen molar-refractivity contribution in [2.24, 2.45) is 5.92 Å². The van der Waals surface area contributed by atoms with Crippen molar-refractivity contribution < 1.29 is 73.8 Å². The predicted octanol–water partition coefficient (Wildman–Crippen LogP) is 5.59. The third-order valence-electron chi connectivity index (χ3n) is 8.28. The van der Waals surface area contributed by atoms with Crippen LogP contribution >= 0.6 is 23.2 Å². The van der Waals surface area contributed by atoms with E-state index in [-0.39, 0.29) is 69.4 Å². The van der Waals surface area contributed by atoms with E-state index in [9.17, 15) is 45.5 Å². The first-order valence-corrected chi connectivity index (χ1v) is 19.2. The van der Waals surface area contributed by atoms with Gasteiger partial charge in [0.1, 0.15) is 27.5 Å². The fraction of sp³-hybridized carbons (Fsp3) is 0.441. The second-order valence-corrected chi connectivity index (χ2v) is 15.2. The third kappa shape index (κ3) is 13.1. The smallest absolute Gasteiger partial charge is 0.490 e. The molecule has 1 aliphatic carbocycles. The molecule has 0 bridgehead atoms. The average Bonchev–Trinajstić information content (AvgIpc) is 3.93. The van der Waals surface area contributed by atoms with Gasteiger partial charge in [0, 0.05) is 44.2 Å². The Hall–Kier alpha value is -4.37. The standard InChI is InChI=1S/C32H35Cl2F2N3O9S.C2HF3O2/c1-49(43,44)39(9-8-37-10-12-45-13-11-37)22-5-6-23(27(40)15-22)31(41)47-29(16-24-25(33)17-38(42)18-26(24)34)21-4-7-28(48-32(35)36)30(14-21)46-19-20-2-3-20;3-2(4,5)1(6)7/h4-7,14-15,17-18,20,29,32,40H,2-3,8-13,16,19H2,1H3;(H,6,7)/t29-;/m0./s1. The Labute approximate surface area is 327 Å². The van der Waals surface area contributed by atoms with E-state index in [4.69, 9.17) is 47.3 Å². The number of aromatic nitrogens is 1. The minimum atomic E-state index is -5.08. The van der Waals surface area contributed by atoms with Gasteiger partial charge in [-0.1, -0.05) is 29.3 Å². The fourth-order valence-corrected chi connectivity index (χ4v) is 6.75. The number of aliphatic carboxylic acids is 1. The second-order valence-electron chi connectivity index (χ2n) is 12.5. The number of ether oxygens (including phenoxy) is 4. The van der Waals surface area contributed by atoms with Gasteiger partial charge in [-0.15, -0.1) is 0 Å². The number of phenols is 1. The van der Waals surface area contributed by atoms with Crippen LogP contribution in [0.5, 0.6) is 17.2 Å². The van der Waals surface area contributed by atoms with E-state index < -0.39 is 46.6 Å². The molecular formula is C34H36Cl2F5N3O11S. The zero-order chi connectivity index (χ0) is 41.4. The molecule has 0 spiro atoms. The molecule has 22 heteroatoms. The minimum absolute atomic E-state index is 0.00134. The Morgan fingerprint density at radius 3 is 2.23 bits per heavy atom. The number of rotatable bonds is 15. The lowest BCUT2D eigenvalue weighted by atomic mass is 10.0. The van der Waals surface area contributed by atoms with Crippen LogP contribution in [0.3, 0.4) is 0 Å². The van der Waals surface area contributed by atoms with Gasteiger partial charge in [-0.2, -0.15) is 26.7 Å². The molecule has 2 N–H and O–H groups in total. The summed E-state index contributed by atoms with van der Waals surface area (Å²) in [5, 5.41) is 29.9. The molecule has 14 nitrogen and oxygen atoms in total. The number of halogens is 7. The Balaban J connectivity index is 0.000000908. The van der Waals surface area contributed by atoms with Crippen LogP contribution in [0.2, 0.25) is 10.0 Å². The number of carboxylic acids is 1. The number of nitrogens with zero attached hydrogens (tertiary/aromatic N) is 3. The number of carbonyl (C=O) groups excluding carboxylic acids is 1. The number of esters is 1. The summed E-state index contributed by atoms with van der Waals surface area (Å²) in [5.41, 5.74) is 0.405. The van der Waals surface area contributed by atoms with Gasteiger partial charge in [0.05, 0.1) is 31.8 Å². The van der Waals surface area contributed by atoms with Crippen molar-refractivity contribution in [2.45, 2.75) is 38.2 Å². The molecular weight excluding hydrogens is 824 g/mol. The number of carboxylic acid groups (broad SMARTS) is 1. The van der Waals surface area contributed by atoms with Crippen LogP contribution < -0.4 is 18.5 Å². The van der Waals surface area contributed by atoms with E-state index in [1.54, 1.807) is 0 Å². The number of anilines is 1. The van der Waals surface area contributed by atoms with Crippen LogP contribution in [0, 0.1) is 11.1 Å². The van der Waals surface area contributed by atoms with Crippen LogP contribution in [0.25, 0.3) is 0 Å². The zero-order valence-corrected chi connectivity index (χ0v) is 31.7. The quantitative estimate of drug-likeness (QED) is 0.0839. The molecule has 5 rings (SSSR count). The molecule has 1 saturated carbocycles. The highest BCUT2D eigenvalue weighted by Gasteiger charge is 2.38. The number of hydrogen-bond acceptors (Lipinski definition) is 11. The molecule has 3 aromatic rings. The van der Waals surface area contributed by atoms with Gasteiger partial charge in [-0.3, -0.25) is 9.21 Å². The maximum atomic E-state index is 13.6. The number of hydrogen-bond donors (Lipinski definition) is 2. The Kier molecular flexibility index (Phi) is 15.2. The van der Waals surface area contributed by atoms with Gasteiger partial charge in [-0.05, 0) is 48.6 Å². The van der Waals surface area contributed by atoms with Crippen LogP contribution in [-0.2, 0) is 30.7 Å². The van der Waals surface area contributed by atoms with E-state index in [0.29, 0.717) is 37.6 Å². The van der Waals surface area contributed by atoms with Crippen LogP contribution in [0.1, 0.15) is 40.4 Å². The highest BCUT2D eigenvalue weighted by atomic mass is 35.5. The Bertz CT molecular complexity index is 1950. The van der Waals surface area contributed by atoms with Gasteiger partial charge in [0.15, 0.2) is 23.9 Å². The number of morpholine rings is 1. The molecule has 1 atom stereocenters. The number of phenolic OH excluding ortho intramolecular Hbond substituents is 1. The molecule has 308 valence electrons. The second kappa shape index (κ2) is 19.2. The van der Waals surface area contributed by atoms with Crippen molar-refractivity contribution in [3.63, 3.8) is 0 Å². The summed E-state index contributed by atoms with van der Waals surface area (Å²) in [7, 11) is -3.76. The van der Waals surface area contributed by atoms with Gasteiger partial charge in [0.25, 0.3) is 0 Å². The number of alkyl halides is 5. The number of benzene rings is 2. The molecule has 1 saturated heterocycles. The highest BCUT2D eigenvalue weighted by Crippen LogP contribution is 2.38. The van der Waals surface area contributed by atoms with E-state index in [2.05, 4.69) is 9.64 Å². The van der Waals surface area contributed by atoms with Crippen molar-refractivity contribution in [1.29, 1.82) is 0 Å². The lowest BCUT2D eigenvalue weighted by molar-refractivity contribution is -0.605. The van der Waals surface area contributed by atoms with Crippen molar-refractivity contribution >= 4 is 50.9 Å². The largest absolute Gasteiger partial charge is 0.619 e. The average molecular weight is 861 g/mol. The van der Waals surface area contributed by atoms with Crippen LogP contribution in [-0.4, -0.2) is 101 Å². The van der Waals surface area contributed by atoms with Crippen molar-refractivity contribution in [3.05, 3.63) is 80.7 Å². The van der Waals surface area contributed by atoms with E-state index in [1.165, 1.54) is 30.3 Å². The number of carbonyl (C=O) groups is 2. The van der Waals surface area contributed by atoms with E-state index in [1.807, 2.05) is 0 Å². The highest BCUT2D eigenvalue weighted by molar-refractivity contribution is 7.92. The van der Waals surface area contributed by atoms with Gasteiger partial charge < -0.3 is 34.4 Å². The number of aromatic hydroxyl groups is 1. The number of pyridine rings is 1. The first-order chi connectivity index (χ1) is 26.2. The Morgan fingerprint density at radius 1 is 1.07 bits per heavy atom. The van der Waals surface area contributed by atoms with Crippen molar-refractivity contribution in [3.8, 4) is 17.2 Å². The molecule has 56 heavy (non-hydrogen) atoms. The maximum absolute atomic E-state index is 13.6. The predicted molar refractivity (Wildman–Crippen MR) is 190 cm³/mol. The van der Waals surface area contributed by atoms with Crippen molar-refractivity contribution in [1.82, 2.24) is 4.90 Å². The summed E-state index contributed by atoms with van der Waals surface area (Å²) in [4.78, 5) is 24.5. The molecule has 0 radical (unpaired) electrons. The first kappa shape index (κ1) is 44.3. The molecule has 2 fully saturated rings. The molecule has 1 aliphatic heterocycles. The van der Waals surface area contributed by atoms with E-state index in [0.717, 1.165) is 41.9 Å². The van der Waals surface area contributed by atoms with E-state index >= 15 is 0 Å². The summed E-state index contributed by atoms with van der Waals surface area (Å²) in [6.45, 7) is 0.0674. The lowest BCUT2D eigenvalue weighted by Gasteiger charge is -2.30. The first-order valence-electron chi connectivity index (χ1n) is 16.6. The third-order valence-corrected chi connectivity index (χ3v) is 10.1. The zero-order valence-electron chi connectivity index (χ0n) is 29.4. The SMILES string of the molecule is CS(=O)(=O)N(CCN1CCOCC1)c1ccc(C(=O)O[C@@H](Cc2c(Cl)c[n+]([O-])cc2Cl)c2ccc(OC(F)F)c(OCC3CC3)c2)c(O)c1.O=C(O)C(F)(F)F.